The molecule has 0 unspecified atom stereocenters. The molecular weight excluding hydrogens is 266 g/mol. The van der Waals surface area contributed by atoms with Crippen LogP contribution in [0.1, 0.15) is 5.56 Å². The van der Waals surface area contributed by atoms with Gasteiger partial charge in [0.1, 0.15) is 5.69 Å². The molecule has 6 heteroatoms. The standard InChI is InChI=1S/C13H12ClN3O2/c14-10-3-1-2-9(6-10)8-16-11-4-5-13(17(18)19)12(15)7-11/h1-7,16H,8,15H2. The van der Waals surface area contributed by atoms with E-state index >= 15 is 0 Å². The van der Waals surface area contributed by atoms with Crippen molar-refractivity contribution in [2.75, 3.05) is 11.1 Å². The van der Waals surface area contributed by atoms with E-state index in [4.69, 9.17) is 17.3 Å². The summed E-state index contributed by atoms with van der Waals surface area (Å²) in [5, 5.41) is 14.4. The van der Waals surface area contributed by atoms with E-state index in [9.17, 15) is 10.1 Å². The third-order valence-corrected chi connectivity index (χ3v) is 2.84. The van der Waals surface area contributed by atoms with Crippen molar-refractivity contribution in [1.82, 2.24) is 0 Å². The summed E-state index contributed by atoms with van der Waals surface area (Å²) in [5.41, 5.74) is 7.41. The molecule has 0 aliphatic rings. The molecule has 98 valence electrons. The van der Waals surface area contributed by atoms with E-state index in [0.29, 0.717) is 11.6 Å². The number of nitrogens with zero attached hydrogens (tertiary/aromatic N) is 1. The molecule has 2 rings (SSSR count). The van der Waals surface area contributed by atoms with Crippen LogP contribution in [0.4, 0.5) is 17.1 Å². The second kappa shape index (κ2) is 5.58. The molecule has 3 N–H and O–H groups in total. The van der Waals surface area contributed by atoms with Gasteiger partial charge in [0.05, 0.1) is 4.92 Å². The van der Waals surface area contributed by atoms with Crippen molar-refractivity contribution >= 4 is 28.7 Å². The van der Waals surface area contributed by atoms with E-state index in [2.05, 4.69) is 5.32 Å². The van der Waals surface area contributed by atoms with E-state index in [1.807, 2.05) is 18.2 Å². The van der Waals surface area contributed by atoms with E-state index in [1.165, 1.54) is 6.07 Å². The van der Waals surface area contributed by atoms with Gasteiger partial charge in [-0.25, -0.2) is 0 Å². The van der Waals surface area contributed by atoms with Crippen molar-refractivity contribution in [3.05, 3.63) is 63.2 Å². The van der Waals surface area contributed by atoms with Crippen LogP contribution in [0.2, 0.25) is 5.02 Å². The summed E-state index contributed by atoms with van der Waals surface area (Å²) in [6.45, 7) is 0.567. The summed E-state index contributed by atoms with van der Waals surface area (Å²) in [7, 11) is 0. The zero-order valence-corrected chi connectivity index (χ0v) is 10.7. The Morgan fingerprint density at radius 1 is 1.26 bits per heavy atom. The minimum atomic E-state index is -0.504. The number of nitrogen functional groups attached to an aromatic ring is 1. The Hall–Kier alpha value is -2.27. The number of nitrogens with one attached hydrogen (secondary N) is 1. The Morgan fingerprint density at radius 3 is 2.68 bits per heavy atom. The Morgan fingerprint density at radius 2 is 2.05 bits per heavy atom. The number of hydrogen-bond donors (Lipinski definition) is 2. The van der Waals surface area contributed by atoms with Crippen LogP contribution < -0.4 is 11.1 Å². The molecule has 0 spiro atoms. The summed E-state index contributed by atoms with van der Waals surface area (Å²) in [4.78, 5) is 10.1. The summed E-state index contributed by atoms with van der Waals surface area (Å²) >= 11 is 5.88. The summed E-state index contributed by atoms with van der Waals surface area (Å²) in [5.74, 6) is 0. The lowest BCUT2D eigenvalue weighted by molar-refractivity contribution is -0.383. The van der Waals surface area contributed by atoms with Crippen LogP contribution >= 0.6 is 11.6 Å². The molecule has 2 aromatic carbocycles. The van der Waals surface area contributed by atoms with Crippen LogP contribution in [0.15, 0.2) is 42.5 Å². The number of rotatable bonds is 4. The first-order valence-corrected chi connectivity index (χ1v) is 5.96. The highest BCUT2D eigenvalue weighted by Gasteiger charge is 2.10. The van der Waals surface area contributed by atoms with Crippen LogP contribution in [-0.2, 0) is 6.54 Å². The molecule has 0 heterocycles. The van der Waals surface area contributed by atoms with E-state index in [-0.39, 0.29) is 11.4 Å². The third-order valence-electron chi connectivity index (χ3n) is 2.61. The number of anilines is 2. The lowest BCUT2D eigenvalue weighted by atomic mass is 10.2. The van der Waals surface area contributed by atoms with Gasteiger partial charge < -0.3 is 11.1 Å². The minimum absolute atomic E-state index is 0.0895. The molecule has 0 bridgehead atoms. The number of nitro benzene ring substituents is 1. The van der Waals surface area contributed by atoms with Crippen molar-refractivity contribution in [2.24, 2.45) is 0 Å². The van der Waals surface area contributed by atoms with Crippen LogP contribution in [-0.4, -0.2) is 4.92 Å². The van der Waals surface area contributed by atoms with Crippen molar-refractivity contribution < 1.29 is 4.92 Å². The van der Waals surface area contributed by atoms with Crippen molar-refractivity contribution in [1.29, 1.82) is 0 Å². The van der Waals surface area contributed by atoms with Gasteiger partial charge >= 0.3 is 0 Å². The fraction of sp³-hybridized carbons (Fsp3) is 0.0769. The quantitative estimate of drug-likeness (QED) is 0.509. The Labute approximate surface area is 115 Å². The maximum atomic E-state index is 10.6. The van der Waals surface area contributed by atoms with Crippen LogP contribution in [0.25, 0.3) is 0 Å². The minimum Gasteiger partial charge on any atom is -0.393 e. The number of halogens is 1. The first-order chi connectivity index (χ1) is 9.06. The first kappa shape index (κ1) is 13.2. The molecular formula is C13H12ClN3O2. The number of nitrogens with two attached hydrogens (primary N) is 1. The SMILES string of the molecule is Nc1cc(NCc2cccc(Cl)c2)ccc1[N+](=O)[O-]. The molecule has 0 aliphatic carbocycles. The van der Waals surface area contributed by atoms with Crippen molar-refractivity contribution in [3.63, 3.8) is 0 Å². The molecule has 0 radical (unpaired) electrons. The second-order valence-corrected chi connectivity index (χ2v) is 4.45. The number of benzene rings is 2. The molecule has 0 amide bonds. The summed E-state index contributed by atoms with van der Waals surface area (Å²) in [6, 6.07) is 12.0. The normalized spacial score (nSPS) is 10.2. The second-order valence-electron chi connectivity index (χ2n) is 4.01. The topological polar surface area (TPSA) is 81.2 Å². The number of hydrogen-bond acceptors (Lipinski definition) is 4. The third kappa shape index (κ3) is 3.35. The lowest BCUT2D eigenvalue weighted by Crippen LogP contribution is -2.01. The zero-order chi connectivity index (χ0) is 13.8. The van der Waals surface area contributed by atoms with Gasteiger partial charge in [-0.2, -0.15) is 0 Å². The highest BCUT2D eigenvalue weighted by atomic mass is 35.5. The highest BCUT2D eigenvalue weighted by molar-refractivity contribution is 6.30. The fourth-order valence-corrected chi connectivity index (χ4v) is 1.89. The van der Waals surface area contributed by atoms with Gasteiger partial charge in [-0.05, 0) is 29.8 Å². The Bertz CT molecular complexity index is 617. The molecule has 0 aliphatic heterocycles. The molecule has 0 fully saturated rings. The van der Waals surface area contributed by atoms with Gasteiger partial charge in [0.2, 0.25) is 0 Å². The molecule has 0 aromatic heterocycles. The predicted octanol–water partition coefficient (Wildman–Crippen LogP) is 3.44. The van der Waals surface area contributed by atoms with Crippen molar-refractivity contribution in [3.8, 4) is 0 Å². The zero-order valence-electron chi connectivity index (χ0n) is 9.97. The highest BCUT2D eigenvalue weighted by Crippen LogP contribution is 2.25. The molecule has 0 saturated heterocycles. The maximum absolute atomic E-state index is 10.6. The van der Waals surface area contributed by atoms with Crippen molar-refractivity contribution in [2.45, 2.75) is 6.54 Å². The summed E-state index contributed by atoms with van der Waals surface area (Å²) in [6.07, 6.45) is 0. The monoisotopic (exact) mass is 277 g/mol. The molecule has 5 nitrogen and oxygen atoms in total. The molecule has 2 aromatic rings. The predicted molar refractivity (Wildman–Crippen MR) is 76.3 cm³/mol. The Kier molecular flexibility index (Phi) is 3.87. The summed E-state index contributed by atoms with van der Waals surface area (Å²) < 4.78 is 0. The van der Waals surface area contributed by atoms with Gasteiger partial charge in [0.25, 0.3) is 5.69 Å². The molecule has 0 atom stereocenters. The van der Waals surface area contributed by atoms with E-state index < -0.39 is 4.92 Å². The largest absolute Gasteiger partial charge is 0.393 e. The van der Waals surface area contributed by atoms with Gasteiger partial charge in [-0.15, -0.1) is 0 Å². The van der Waals surface area contributed by atoms with E-state index in [1.54, 1.807) is 18.2 Å². The first-order valence-electron chi connectivity index (χ1n) is 5.58. The average molecular weight is 278 g/mol. The average Bonchev–Trinajstić information content (AvgIpc) is 2.36. The lowest BCUT2D eigenvalue weighted by Gasteiger charge is -2.07. The van der Waals surface area contributed by atoms with Crippen LogP contribution in [0.5, 0.6) is 0 Å². The fourth-order valence-electron chi connectivity index (χ4n) is 1.68. The van der Waals surface area contributed by atoms with Crippen LogP contribution in [0.3, 0.4) is 0 Å². The van der Waals surface area contributed by atoms with Gasteiger partial charge in [-0.1, -0.05) is 23.7 Å². The van der Waals surface area contributed by atoms with Gasteiger partial charge in [0.15, 0.2) is 0 Å². The number of nitro groups is 1. The Balaban J connectivity index is 2.08. The van der Waals surface area contributed by atoms with Gasteiger partial charge in [0, 0.05) is 23.3 Å². The molecule has 0 saturated carbocycles. The molecule has 19 heavy (non-hydrogen) atoms. The van der Waals surface area contributed by atoms with Crippen LogP contribution in [0, 0.1) is 10.1 Å². The maximum Gasteiger partial charge on any atom is 0.292 e. The van der Waals surface area contributed by atoms with E-state index in [0.717, 1.165) is 11.3 Å². The van der Waals surface area contributed by atoms with Gasteiger partial charge in [-0.3, -0.25) is 10.1 Å². The smallest absolute Gasteiger partial charge is 0.292 e.